The summed E-state index contributed by atoms with van der Waals surface area (Å²) in [5, 5.41) is 7.77. The molecule has 0 saturated heterocycles. The second-order valence-corrected chi connectivity index (χ2v) is 5.67. The second kappa shape index (κ2) is 5.31. The first-order valence-electron chi connectivity index (χ1n) is 4.26. The summed E-state index contributed by atoms with van der Waals surface area (Å²) in [5.41, 5.74) is 0. The Kier molecular flexibility index (Phi) is 5.07. The lowest BCUT2D eigenvalue weighted by Crippen LogP contribution is -2.33. The van der Waals surface area contributed by atoms with Crippen molar-refractivity contribution in [2.24, 2.45) is 5.92 Å². The molecule has 1 N–H and O–H groups in total. The smallest absolute Gasteiger partial charge is 0.307 e. The van der Waals surface area contributed by atoms with E-state index in [1.165, 1.54) is 21.0 Å². The van der Waals surface area contributed by atoms with Crippen LogP contribution < -0.4 is 0 Å². The minimum absolute atomic E-state index is 0.0962. The van der Waals surface area contributed by atoms with Crippen molar-refractivity contribution in [3.8, 4) is 0 Å². The fraction of sp³-hybridized carbons (Fsp3) is 0.875. The van der Waals surface area contributed by atoms with E-state index in [1.54, 1.807) is 0 Å². The number of carboxylic acid groups (broad SMARTS) is 1. The summed E-state index contributed by atoms with van der Waals surface area (Å²) < 4.78 is 27.6. The van der Waals surface area contributed by atoms with Crippen LogP contribution in [0, 0.1) is 5.92 Å². The number of sulfone groups is 1. The van der Waals surface area contributed by atoms with Gasteiger partial charge in [0.2, 0.25) is 0 Å². The molecule has 0 radical (unpaired) electrons. The molecule has 5 nitrogen and oxygen atoms in total. The van der Waals surface area contributed by atoms with Crippen molar-refractivity contribution in [1.82, 2.24) is 0 Å². The third-order valence-electron chi connectivity index (χ3n) is 2.23. The van der Waals surface area contributed by atoms with Gasteiger partial charge in [0.1, 0.15) is 0 Å². The Balaban J connectivity index is 4.50. The van der Waals surface area contributed by atoms with Crippen LogP contribution in [0.4, 0.5) is 0 Å². The summed E-state index contributed by atoms with van der Waals surface area (Å²) in [6.07, 6.45) is 0. The largest absolute Gasteiger partial charge is 0.481 e. The maximum Gasteiger partial charge on any atom is 0.307 e. The van der Waals surface area contributed by atoms with E-state index in [0.29, 0.717) is 0 Å². The van der Waals surface area contributed by atoms with Gasteiger partial charge in [0, 0.05) is 7.11 Å². The third-order valence-corrected chi connectivity index (χ3v) is 4.51. The fourth-order valence-corrected chi connectivity index (χ4v) is 2.41. The Hall–Kier alpha value is -0.620. The van der Waals surface area contributed by atoms with E-state index in [4.69, 9.17) is 5.11 Å². The standard InChI is InChI=1S/C8H16O5S/c1-6(8(9)10)7(2)14(11,12)5-4-13-3/h6-7H,4-5H2,1-3H3,(H,9,10). The van der Waals surface area contributed by atoms with Crippen molar-refractivity contribution in [3.63, 3.8) is 0 Å². The summed E-state index contributed by atoms with van der Waals surface area (Å²) in [7, 11) is -1.97. The topological polar surface area (TPSA) is 80.7 Å². The summed E-state index contributed by atoms with van der Waals surface area (Å²) in [6.45, 7) is 2.89. The zero-order valence-corrected chi connectivity index (χ0v) is 9.37. The molecule has 0 bridgehead atoms. The minimum Gasteiger partial charge on any atom is -0.481 e. The summed E-state index contributed by atoms with van der Waals surface area (Å²) in [6, 6.07) is 0. The van der Waals surface area contributed by atoms with Crippen molar-refractivity contribution in [2.45, 2.75) is 19.1 Å². The summed E-state index contributed by atoms with van der Waals surface area (Å²) >= 11 is 0. The van der Waals surface area contributed by atoms with Crippen molar-refractivity contribution in [3.05, 3.63) is 0 Å². The maximum absolute atomic E-state index is 11.5. The first kappa shape index (κ1) is 13.4. The van der Waals surface area contributed by atoms with Crippen LogP contribution in [0.2, 0.25) is 0 Å². The Labute approximate surface area is 84.0 Å². The Morgan fingerprint density at radius 2 is 1.93 bits per heavy atom. The normalized spacial score (nSPS) is 16.2. The number of rotatable bonds is 6. The van der Waals surface area contributed by atoms with E-state index in [-0.39, 0.29) is 12.4 Å². The van der Waals surface area contributed by atoms with Gasteiger partial charge in [-0.3, -0.25) is 4.79 Å². The van der Waals surface area contributed by atoms with Gasteiger partial charge in [-0.25, -0.2) is 8.42 Å². The molecule has 0 amide bonds. The average molecular weight is 224 g/mol. The molecule has 84 valence electrons. The van der Waals surface area contributed by atoms with Gasteiger partial charge < -0.3 is 9.84 Å². The molecular formula is C8H16O5S. The first-order chi connectivity index (χ1) is 6.33. The van der Waals surface area contributed by atoms with Crippen molar-refractivity contribution >= 4 is 15.8 Å². The Morgan fingerprint density at radius 3 is 2.29 bits per heavy atom. The van der Waals surface area contributed by atoms with Gasteiger partial charge in [-0.1, -0.05) is 6.92 Å². The van der Waals surface area contributed by atoms with E-state index in [2.05, 4.69) is 4.74 Å². The highest BCUT2D eigenvalue weighted by atomic mass is 32.2. The molecule has 0 aliphatic heterocycles. The molecule has 0 rings (SSSR count). The van der Waals surface area contributed by atoms with E-state index in [1.807, 2.05) is 0 Å². The molecule has 2 atom stereocenters. The van der Waals surface area contributed by atoms with Gasteiger partial charge >= 0.3 is 5.97 Å². The molecule has 0 aliphatic carbocycles. The zero-order chi connectivity index (χ0) is 11.4. The molecule has 6 heteroatoms. The maximum atomic E-state index is 11.5. The van der Waals surface area contributed by atoms with Gasteiger partial charge in [-0.05, 0) is 6.92 Å². The van der Waals surface area contributed by atoms with Crippen LogP contribution in [0.1, 0.15) is 13.8 Å². The average Bonchev–Trinajstić information content (AvgIpc) is 2.12. The third kappa shape index (κ3) is 3.63. The predicted octanol–water partition coefficient (Wildman–Crippen LogP) is 0.157. The van der Waals surface area contributed by atoms with Crippen LogP contribution in [0.15, 0.2) is 0 Å². The molecule has 0 aliphatic rings. The molecule has 0 fully saturated rings. The predicted molar refractivity (Wildman–Crippen MR) is 51.9 cm³/mol. The first-order valence-corrected chi connectivity index (χ1v) is 5.97. The molecule has 0 saturated carbocycles. The van der Waals surface area contributed by atoms with Crippen molar-refractivity contribution in [1.29, 1.82) is 0 Å². The number of ether oxygens (including phenoxy) is 1. The van der Waals surface area contributed by atoms with Crippen LogP contribution in [0.25, 0.3) is 0 Å². The molecule has 0 heterocycles. The monoisotopic (exact) mass is 224 g/mol. The van der Waals surface area contributed by atoms with Crippen LogP contribution in [0.3, 0.4) is 0 Å². The lowest BCUT2D eigenvalue weighted by atomic mass is 10.1. The van der Waals surface area contributed by atoms with Gasteiger partial charge in [-0.15, -0.1) is 0 Å². The number of hydrogen-bond donors (Lipinski definition) is 1. The van der Waals surface area contributed by atoms with E-state index in [0.717, 1.165) is 0 Å². The van der Waals surface area contributed by atoms with E-state index < -0.39 is 27.0 Å². The molecule has 0 aromatic rings. The molecule has 0 aromatic heterocycles. The van der Waals surface area contributed by atoms with Crippen LogP contribution in [-0.4, -0.2) is 44.2 Å². The van der Waals surface area contributed by atoms with Gasteiger partial charge in [0.25, 0.3) is 0 Å². The summed E-state index contributed by atoms with van der Waals surface area (Å²) in [5.74, 6) is -2.13. The molecule has 0 aromatic carbocycles. The highest BCUT2D eigenvalue weighted by molar-refractivity contribution is 7.92. The lowest BCUT2D eigenvalue weighted by molar-refractivity contribution is -0.141. The molecule has 14 heavy (non-hydrogen) atoms. The SMILES string of the molecule is COCCS(=O)(=O)C(C)C(C)C(=O)O. The van der Waals surface area contributed by atoms with Gasteiger partial charge in [0.05, 0.1) is 23.5 Å². The van der Waals surface area contributed by atoms with Crippen LogP contribution in [0.5, 0.6) is 0 Å². The van der Waals surface area contributed by atoms with Crippen LogP contribution >= 0.6 is 0 Å². The lowest BCUT2D eigenvalue weighted by Gasteiger charge is -2.16. The van der Waals surface area contributed by atoms with Gasteiger partial charge in [-0.2, -0.15) is 0 Å². The van der Waals surface area contributed by atoms with E-state index >= 15 is 0 Å². The molecule has 0 spiro atoms. The van der Waals surface area contributed by atoms with Crippen molar-refractivity contribution in [2.75, 3.05) is 19.5 Å². The Morgan fingerprint density at radius 1 is 1.43 bits per heavy atom. The number of aliphatic carboxylic acids is 1. The number of carbonyl (C=O) groups is 1. The molecule has 2 unspecified atom stereocenters. The van der Waals surface area contributed by atoms with Crippen molar-refractivity contribution < 1.29 is 23.1 Å². The highest BCUT2D eigenvalue weighted by Crippen LogP contribution is 2.13. The molecular weight excluding hydrogens is 208 g/mol. The highest BCUT2D eigenvalue weighted by Gasteiger charge is 2.30. The van der Waals surface area contributed by atoms with Crippen LogP contribution in [-0.2, 0) is 19.4 Å². The minimum atomic E-state index is -3.37. The summed E-state index contributed by atoms with van der Waals surface area (Å²) in [4.78, 5) is 10.6. The van der Waals surface area contributed by atoms with E-state index in [9.17, 15) is 13.2 Å². The quantitative estimate of drug-likeness (QED) is 0.695. The second-order valence-electron chi connectivity index (χ2n) is 3.19. The Bertz CT molecular complexity index is 282. The number of hydrogen-bond acceptors (Lipinski definition) is 4. The fourth-order valence-electron chi connectivity index (χ4n) is 0.897. The number of carboxylic acids is 1. The van der Waals surface area contributed by atoms with Gasteiger partial charge in [0.15, 0.2) is 9.84 Å². The number of methoxy groups -OCH3 is 1. The zero-order valence-electron chi connectivity index (χ0n) is 8.56.